The average molecular weight is 403 g/mol. The molecule has 0 heterocycles. The Morgan fingerprint density at radius 1 is 0.862 bits per heavy atom. The molecule has 2 rings (SSSR count). The summed E-state index contributed by atoms with van der Waals surface area (Å²) in [4.78, 5) is 23.8. The maximum Gasteiger partial charge on any atom is 0.344 e. The Labute approximate surface area is 169 Å². The number of methoxy groups -OCH3 is 3. The molecule has 8 nitrogen and oxygen atoms in total. The molecule has 29 heavy (non-hydrogen) atoms. The number of para-hydroxylation sites is 1. The zero-order valence-electron chi connectivity index (χ0n) is 16.9. The molecule has 0 saturated carbocycles. The van der Waals surface area contributed by atoms with Gasteiger partial charge in [-0.15, -0.1) is 0 Å². The monoisotopic (exact) mass is 403 g/mol. The topological polar surface area (TPSA) is 92.3 Å². The van der Waals surface area contributed by atoms with E-state index in [0.29, 0.717) is 28.6 Å². The van der Waals surface area contributed by atoms with E-state index in [0.717, 1.165) is 5.56 Å². The number of hydrogen-bond acceptors (Lipinski definition) is 7. The molecule has 156 valence electrons. The zero-order chi connectivity index (χ0) is 21.2. The van der Waals surface area contributed by atoms with Crippen molar-refractivity contribution in [2.24, 2.45) is 0 Å². The number of benzene rings is 2. The molecule has 0 atom stereocenters. The van der Waals surface area contributed by atoms with Crippen LogP contribution in [0.1, 0.15) is 11.1 Å². The number of carbonyl (C=O) groups excluding carboxylic acids is 2. The number of rotatable bonds is 10. The van der Waals surface area contributed by atoms with E-state index in [1.165, 1.54) is 21.3 Å². The van der Waals surface area contributed by atoms with Crippen LogP contribution in [0, 0.1) is 6.92 Å². The van der Waals surface area contributed by atoms with Gasteiger partial charge in [0.15, 0.2) is 24.7 Å². The van der Waals surface area contributed by atoms with Gasteiger partial charge < -0.3 is 29.0 Å². The first kappa shape index (κ1) is 21.9. The highest BCUT2D eigenvalue weighted by molar-refractivity contribution is 5.81. The quantitative estimate of drug-likeness (QED) is 0.608. The number of carbonyl (C=O) groups is 2. The summed E-state index contributed by atoms with van der Waals surface area (Å²) in [7, 11) is 4.56. The summed E-state index contributed by atoms with van der Waals surface area (Å²) < 4.78 is 26.1. The van der Waals surface area contributed by atoms with Gasteiger partial charge in [0.25, 0.3) is 5.91 Å². The SMILES string of the molecule is COc1cc(OC)c(OC)cc1CNC(=O)COC(=O)COc1ccccc1C. The van der Waals surface area contributed by atoms with Crippen molar-refractivity contribution in [2.75, 3.05) is 34.5 Å². The number of esters is 1. The molecular formula is C21H25NO7. The van der Waals surface area contributed by atoms with Crippen molar-refractivity contribution in [3.05, 3.63) is 47.5 Å². The van der Waals surface area contributed by atoms with Gasteiger partial charge >= 0.3 is 5.97 Å². The molecule has 0 radical (unpaired) electrons. The lowest BCUT2D eigenvalue weighted by molar-refractivity contribution is -0.150. The Balaban J connectivity index is 1.82. The number of amides is 1. The van der Waals surface area contributed by atoms with Crippen LogP contribution >= 0.6 is 0 Å². The Morgan fingerprint density at radius 2 is 1.52 bits per heavy atom. The van der Waals surface area contributed by atoms with Crippen LogP contribution in [0.5, 0.6) is 23.0 Å². The van der Waals surface area contributed by atoms with Crippen molar-refractivity contribution in [3.63, 3.8) is 0 Å². The maximum atomic E-state index is 12.0. The van der Waals surface area contributed by atoms with Crippen molar-refractivity contribution in [2.45, 2.75) is 13.5 Å². The molecule has 0 fully saturated rings. The van der Waals surface area contributed by atoms with Crippen LogP contribution in [0.4, 0.5) is 0 Å². The van der Waals surface area contributed by atoms with Crippen LogP contribution in [-0.4, -0.2) is 46.4 Å². The summed E-state index contributed by atoms with van der Waals surface area (Å²) in [5, 5.41) is 2.67. The smallest absolute Gasteiger partial charge is 0.344 e. The van der Waals surface area contributed by atoms with E-state index in [1.807, 2.05) is 25.1 Å². The second-order valence-electron chi connectivity index (χ2n) is 6.01. The molecule has 0 aromatic heterocycles. The van der Waals surface area contributed by atoms with E-state index in [1.54, 1.807) is 18.2 Å². The largest absolute Gasteiger partial charge is 0.496 e. The molecule has 2 aromatic rings. The number of hydrogen-bond donors (Lipinski definition) is 1. The third-order valence-corrected chi connectivity index (χ3v) is 4.07. The molecule has 1 amide bonds. The first-order valence-electron chi connectivity index (χ1n) is 8.88. The summed E-state index contributed by atoms with van der Waals surface area (Å²) in [5.74, 6) is 1.07. The van der Waals surface area contributed by atoms with Gasteiger partial charge in [-0.2, -0.15) is 0 Å². The lowest BCUT2D eigenvalue weighted by Crippen LogP contribution is -2.29. The third-order valence-electron chi connectivity index (χ3n) is 4.07. The van der Waals surface area contributed by atoms with Crippen LogP contribution in [0.3, 0.4) is 0 Å². The highest BCUT2D eigenvalue weighted by Gasteiger charge is 2.14. The van der Waals surface area contributed by atoms with Crippen molar-refractivity contribution in [1.82, 2.24) is 5.32 Å². The lowest BCUT2D eigenvalue weighted by atomic mass is 10.1. The van der Waals surface area contributed by atoms with Crippen LogP contribution in [0.25, 0.3) is 0 Å². The fraction of sp³-hybridized carbons (Fsp3) is 0.333. The summed E-state index contributed by atoms with van der Waals surface area (Å²) >= 11 is 0. The molecule has 0 saturated heterocycles. The Bertz CT molecular complexity index is 851. The van der Waals surface area contributed by atoms with Gasteiger partial charge in [0.2, 0.25) is 0 Å². The standard InChI is InChI=1S/C21H25NO7/c1-14-7-5-6-8-16(14)28-13-21(24)29-12-20(23)22-11-15-9-18(26-3)19(27-4)10-17(15)25-2/h5-10H,11-13H2,1-4H3,(H,22,23). The number of aryl methyl sites for hydroxylation is 1. The van der Waals surface area contributed by atoms with Crippen LogP contribution in [0.2, 0.25) is 0 Å². The van der Waals surface area contributed by atoms with E-state index in [2.05, 4.69) is 5.32 Å². The van der Waals surface area contributed by atoms with Crippen LogP contribution in [0.15, 0.2) is 36.4 Å². The van der Waals surface area contributed by atoms with Gasteiger partial charge in [-0.1, -0.05) is 18.2 Å². The molecule has 0 bridgehead atoms. The van der Waals surface area contributed by atoms with E-state index < -0.39 is 18.5 Å². The fourth-order valence-electron chi connectivity index (χ4n) is 2.52. The van der Waals surface area contributed by atoms with Crippen molar-refractivity contribution in [1.29, 1.82) is 0 Å². The van der Waals surface area contributed by atoms with Crippen LogP contribution < -0.4 is 24.3 Å². The maximum absolute atomic E-state index is 12.0. The van der Waals surface area contributed by atoms with Gasteiger partial charge in [0.05, 0.1) is 21.3 Å². The second-order valence-corrected chi connectivity index (χ2v) is 6.01. The van der Waals surface area contributed by atoms with E-state index in [9.17, 15) is 9.59 Å². The molecule has 8 heteroatoms. The van der Waals surface area contributed by atoms with Crippen LogP contribution in [-0.2, 0) is 20.9 Å². The predicted octanol–water partition coefficient (Wildman–Crippen LogP) is 2.26. The summed E-state index contributed by atoms with van der Waals surface area (Å²) in [6, 6.07) is 10.7. The van der Waals surface area contributed by atoms with Gasteiger partial charge in [-0.25, -0.2) is 4.79 Å². The first-order chi connectivity index (χ1) is 14.0. The molecule has 2 aromatic carbocycles. The van der Waals surface area contributed by atoms with Crippen molar-refractivity contribution in [3.8, 4) is 23.0 Å². The number of ether oxygens (including phenoxy) is 5. The van der Waals surface area contributed by atoms with Gasteiger partial charge in [-0.3, -0.25) is 4.79 Å². The lowest BCUT2D eigenvalue weighted by Gasteiger charge is -2.14. The average Bonchev–Trinajstić information content (AvgIpc) is 2.74. The molecule has 0 spiro atoms. The third kappa shape index (κ3) is 6.31. The minimum absolute atomic E-state index is 0.166. The minimum atomic E-state index is -0.632. The Hall–Kier alpha value is -3.42. The first-order valence-corrected chi connectivity index (χ1v) is 8.88. The molecule has 0 unspecified atom stereocenters. The summed E-state index contributed by atoms with van der Waals surface area (Å²) in [6.45, 7) is 1.35. The van der Waals surface area contributed by atoms with Gasteiger partial charge in [-0.05, 0) is 24.6 Å². The molecule has 0 aliphatic heterocycles. The predicted molar refractivity (Wildman–Crippen MR) is 106 cm³/mol. The minimum Gasteiger partial charge on any atom is -0.496 e. The van der Waals surface area contributed by atoms with E-state index in [-0.39, 0.29) is 13.2 Å². The fourth-order valence-corrected chi connectivity index (χ4v) is 2.52. The second kappa shape index (κ2) is 10.8. The highest BCUT2D eigenvalue weighted by Crippen LogP contribution is 2.34. The van der Waals surface area contributed by atoms with Crippen molar-refractivity contribution >= 4 is 11.9 Å². The Kier molecular flexibility index (Phi) is 8.14. The molecule has 0 aliphatic rings. The zero-order valence-corrected chi connectivity index (χ0v) is 16.9. The molecule has 0 aliphatic carbocycles. The highest BCUT2D eigenvalue weighted by atomic mass is 16.6. The Morgan fingerprint density at radius 3 is 2.17 bits per heavy atom. The van der Waals surface area contributed by atoms with Gasteiger partial charge in [0, 0.05) is 18.2 Å². The summed E-state index contributed by atoms with van der Waals surface area (Å²) in [6.07, 6.45) is 0. The van der Waals surface area contributed by atoms with E-state index in [4.69, 9.17) is 23.7 Å². The molecule has 1 N–H and O–H groups in total. The summed E-state index contributed by atoms with van der Waals surface area (Å²) in [5.41, 5.74) is 1.59. The molecular weight excluding hydrogens is 378 g/mol. The number of nitrogens with one attached hydrogen (secondary N) is 1. The van der Waals surface area contributed by atoms with E-state index >= 15 is 0 Å². The normalized spacial score (nSPS) is 10.1. The van der Waals surface area contributed by atoms with Gasteiger partial charge in [0.1, 0.15) is 11.5 Å². The van der Waals surface area contributed by atoms with Crippen molar-refractivity contribution < 1.29 is 33.3 Å².